The Morgan fingerprint density at radius 3 is 2.65 bits per heavy atom. The van der Waals surface area contributed by atoms with E-state index in [1.807, 2.05) is 0 Å². The highest BCUT2D eigenvalue weighted by molar-refractivity contribution is 5.78. The van der Waals surface area contributed by atoms with Crippen LogP contribution in [0.25, 0.3) is 0 Å². The molecule has 2 rings (SSSR count). The Bertz CT molecular complexity index is 313. The number of carbonyl (C=O) groups excluding carboxylic acids is 1. The fraction of sp³-hybridized carbons (Fsp3) is 0.938. The lowest BCUT2D eigenvalue weighted by atomic mass is 9.78. The normalized spacial score (nSPS) is 30.9. The summed E-state index contributed by atoms with van der Waals surface area (Å²) in [5.41, 5.74) is 6.03. The minimum absolute atomic E-state index is 0.118. The molecule has 4 heteroatoms. The van der Waals surface area contributed by atoms with Gasteiger partial charge < -0.3 is 16.0 Å². The van der Waals surface area contributed by atoms with Crippen molar-refractivity contribution in [2.24, 2.45) is 23.5 Å². The molecule has 116 valence electrons. The van der Waals surface area contributed by atoms with Crippen LogP contribution < -0.4 is 11.1 Å². The molecule has 2 aliphatic rings. The minimum atomic E-state index is 0.118. The van der Waals surface area contributed by atoms with E-state index in [1.54, 1.807) is 0 Å². The molecular formula is C16H31N3O. The summed E-state index contributed by atoms with van der Waals surface area (Å²) in [6.07, 6.45) is 6.90. The summed E-state index contributed by atoms with van der Waals surface area (Å²) in [4.78, 5) is 14.7. The number of hydrogen-bond acceptors (Lipinski definition) is 3. The van der Waals surface area contributed by atoms with Crippen molar-refractivity contribution >= 4 is 5.91 Å². The van der Waals surface area contributed by atoms with Crippen LogP contribution in [-0.2, 0) is 4.79 Å². The topological polar surface area (TPSA) is 58.4 Å². The van der Waals surface area contributed by atoms with Crippen LogP contribution in [0.15, 0.2) is 0 Å². The average Bonchev–Trinajstić information content (AvgIpc) is 2.45. The fourth-order valence-electron chi connectivity index (χ4n) is 3.61. The first-order valence-electron chi connectivity index (χ1n) is 8.28. The van der Waals surface area contributed by atoms with Crippen LogP contribution in [0.3, 0.4) is 0 Å². The van der Waals surface area contributed by atoms with Crippen molar-refractivity contribution in [2.45, 2.75) is 51.5 Å². The van der Waals surface area contributed by atoms with Crippen molar-refractivity contribution in [2.75, 3.05) is 26.7 Å². The zero-order chi connectivity index (χ0) is 14.5. The van der Waals surface area contributed by atoms with Crippen molar-refractivity contribution < 1.29 is 4.79 Å². The summed E-state index contributed by atoms with van der Waals surface area (Å²) < 4.78 is 0. The summed E-state index contributed by atoms with van der Waals surface area (Å²) in [5.74, 6) is 1.50. The first-order valence-corrected chi connectivity index (χ1v) is 8.28. The van der Waals surface area contributed by atoms with Crippen LogP contribution in [0.5, 0.6) is 0 Å². The van der Waals surface area contributed by atoms with Gasteiger partial charge in [-0.15, -0.1) is 0 Å². The number of nitrogens with one attached hydrogen (secondary N) is 1. The van der Waals surface area contributed by atoms with Crippen LogP contribution in [0.4, 0.5) is 0 Å². The minimum Gasteiger partial charge on any atom is -0.356 e. The fourth-order valence-corrected chi connectivity index (χ4v) is 3.61. The van der Waals surface area contributed by atoms with Crippen molar-refractivity contribution in [1.82, 2.24) is 10.2 Å². The maximum Gasteiger partial charge on any atom is 0.223 e. The molecule has 0 aromatic carbocycles. The third-order valence-electron chi connectivity index (χ3n) is 5.28. The van der Waals surface area contributed by atoms with Gasteiger partial charge in [0.2, 0.25) is 5.91 Å². The number of carbonyl (C=O) groups is 1. The maximum atomic E-state index is 12.3. The van der Waals surface area contributed by atoms with Crippen LogP contribution in [0.2, 0.25) is 0 Å². The standard InChI is InChI=1S/C16H31N3O/c1-12(14-4-3-5-15(17)10-14)16(20)18-11-13-6-8-19(2)9-7-13/h12-15H,3-11,17H2,1-2H3,(H,18,20). The smallest absolute Gasteiger partial charge is 0.223 e. The lowest BCUT2D eigenvalue weighted by molar-refractivity contribution is -0.126. The van der Waals surface area contributed by atoms with Gasteiger partial charge in [-0.05, 0) is 64.1 Å². The Balaban J connectivity index is 1.71. The molecule has 20 heavy (non-hydrogen) atoms. The average molecular weight is 281 g/mol. The quantitative estimate of drug-likeness (QED) is 0.823. The summed E-state index contributed by atoms with van der Waals surface area (Å²) in [6.45, 7) is 5.25. The maximum absolute atomic E-state index is 12.3. The van der Waals surface area contributed by atoms with Gasteiger partial charge in [0.15, 0.2) is 0 Å². The van der Waals surface area contributed by atoms with Gasteiger partial charge in [-0.3, -0.25) is 4.79 Å². The van der Waals surface area contributed by atoms with Crippen molar-refractivity contribution in [1.29, 1.82) is 0 Å². The Morgan fingerprint density at radius 1 is 1.30 bits per heavy atom. The summed E-state index contributed by atoms with van der Waals surface area (Å²) >= 11 is 0. The van der Waals surface area contributed by atoms with Gasteiger partial charge in [0.25, 0.3) is 0 Å². The largest absolute Gasteiger partial charge is 0.356 e. The van der Waals surface area contributed by atoms with Crippen LogP contribution in [0, 0.1) is 17.8 Å². The van der Waals surface area contributed by atoms with Crippen LogP contribution in [-0.4, -0.2) is 43.5 Å². The first-order chi connectivity index (χ1) is 9.56. The van der Waals surface area contributed by atoms with E-state index in [0.29, 0.717) is 17.9 Å². The Morgan fingerprint density at radius 2 is 2.00 bits per heavy atom. The number of amides is 1. The number of rotatable bonds is 4. The third kappa shape index (κ3) is 4.45. The molecule has 1 saturated carbocycles. The van der Waals surface area contributed by atoms with Gasteiger partial charge in [-0.1, -0.05) is 13.3 Å². The summed E-state index contributed by atoms with van der Waals surface area (Å²) in [6, 6.07) is 0.304. The first kappa shape index (κ1) is 15.8. The lowest BCUT2D eigenvalue weighted by Gasteiger charge is -2.32. The number of nitrogens with two attached hydrogens (primary N) is 1. The van der Waals surface area contributed by atoms with Crippen molar-refractivity contribution in [3.63, 3.8) is 0 Å². The molecule has 1 aliphatic carbocycles. The molecule has 0 bridgehead atoms. The zero-order valence-electron chi connectivity index (χ0n) is 13.1. The molecule has 2 fully saturated rings. The molecule has 0 spiro atoms. The molecule has 1 saturated heterocycles. The number of hydrogen-bond donors (Lipinski definition) is 2. The van der Waals surface area contributed by atoms with Gasteiger partial charge in [0.1, 0.15) is 0 Å². The van der Waals surface area contributed by atoms with Gasteiger partial charge in [0, 0.05) is 18.5 Å². The van der Waals surface area contributed by atoms with E-state index in [-0.39, 0.29) is 11.8 Å². The number of piperidine rings is 1. The van der Waals surface area contributed by atoms with Crippen LogP contribution >= 0.6 is 0 Å². The van der Waals surface area contributed by atoms with E-state index >= 15 is 0 Å². The molecule has 3 atom stereocenters. The highest BCUT2D eigenvalue weighted by Gasteiger charge is 2.28. The number of likely N-dealkylation sites (tertiary alicyclic amines) is 1. The Labute approximate surface area is 123 Å². The lowest BCUT2D eigenvalue weighted by Crippen LogP contribution is -2.41. The highest BCUT2D eigenvalue weighted by Crippen LogP contribution is 2.29. The Kier molecular flexibility index (Phi) is 5.85. The Hall–Kier alpha value is -0.610. The predicted octanol–water partition coefficient (Wildman–Crippen LogP) is 1.60. The van der Waals surface area contributed by atoms with E-state index in [4.69, 9.17) is 5.73 Å². The molecule has 1 heterocycles. The van der Waals surface area contributed by atoms with E-state index in [9.17, 15) is 4.79 Å². The van der Waals surface area contributed by atoms with Gasteiger partial charge >= 0.3 is 0 Å². The molecule has 3 unspecified atom stereocenters. The van der Waals surface area contributed by atoms with Crippen molar-refractivity contribution in [3.05, 3.63) is 0 Å². The molecule has 0 radical (unpaired) electrons. The van der Waals surface area contributed by atoms with Crippen molar-refractivity contribution in [3.8, 4) is 0 Å². The van der Waals surface area contributed by atoms with Crippen LogP contribution in [0.1, 0.15) is 45.4 Å². The van der Waals surface area contributed by atoms with E-state index in [0.717, 1.165) is 38.9 Å². The number of nitrogens with zero attached hydrogens (tertiary/aromatic N) is 1. The summed E-state index contributed by atoms with van der Waals surface area (Å²) in [7, 11) is 2.17. The SMILES string of the molecule is CC(C(=O)NCC1CCN(C)CC1)C1CCCC(N)C1. The molecular weight excluding hydrogens is 250 g/mol. The van der Waals surface area contributed by atoms with Gasteiger partial charge in [-0.2, -0.15) is 0 Å². The molecule has 1 amide bonds. The third-order valence-corrected chi connectivity index (χ3v) is 5.28. The summed E-state index contributed by atoms with van der Waals surface area (Å²) in [5, 5.41) is 3.18. The molecule has 3 N–H and O–H groups in total. The van der Waals surface area contributed by atoms with Gasteiger partial charge in [-0.25, -0.2) is 0 Å². The molecule has 0 aromatic rings. The second-order valence-corrected chi connectivity index (χ2v) is 6.97. The van der Waals surface area contributed by atoms with E-state index in [1.165, 1.54) is 19.3 Å². The molecule has 4 nitrogen and oxygen atoms in total. The predicted molar refractivity (Wildman–Crippen MR) is 82.3 cm³/mol. The second-order valence-electron chi connectivity index (χ2n) is 6.97. The molecule has 1 aliphatic heterocycles. The second kappa shape index (κ2) is 7.41. The zero-order valence-corrected chi connectivity index (χ0v) is 13.1. The highest BCUT2D eigenvalue weighted by atomic mass is 16.1. The molecule has 0 aromatic heterocycles. The monoisotopic (exact) mass is 281 g/mol. The van der Waals surface area contributed by atoms with E-state index in [2.05, 4.69) is 24.2 Å². The van der Waals surface area contributed by atoms with Gasteiger partial charge in [0.05, 0.1) is 0 Å². The van der Waals surface area contributed by atoms with E-state index < -0.39 is 0 Å².